The zero-order chi connectivity index (χ0) is 29.3. The zero-order valence-electron chi connectivity index (χ0n) is 26.9. The number of ether oxygens (including phenoxy) is 4. The highest BCUT2D eigenvalue weighted by Crippen LogP contribution is 2.35. The fraction of sp³-hybridized carbons (Fsp3) is 0.676. The van der Waals surface area contributed by atoms with Crippen LogP contribution in [0.15, 0.2) is 36.4 Å². The highest BCUT2D eigenvalue weighted by atomic mass is 16.5. The molecule has 0 spiro atoms. The maximum absolute atomic E-state index is 6.55. The number of hydrogen-bond acceptors (Lipinski definition) is 4. The molecule has 41 heavy (non-hydrogen) atoms. The van der Waals surface area contributed by atoms with E-state index in [1.807, 2.05) is 0 Å². The summed E-state index contributed by atoms with van der Waals surface area (Å²) in [7, 11) is 0. The maximum Gasteiger partial charge on any atom is 0.130 e. The molecule has 0 saturated heterocycles. The third-order valence-electron chi connectivity index (χ3n) is 9.28. The average molecular weight is 565 g/mol. The third kappa shape index (κ3) is 9.48. The van der Waals surface area contributed by atoms with Crippen molar-refractivity contribution in [3.63, 3.8) is 0 Å². The lowest BCUT2D eigenvalue weighted by molar-refractivity contribution is 0.0120. The number of hydrogen-bond donors (Lipinski definition) is 0. The van der Waals surface area contributed by atoms with Crippen LogP contribution in [0, 0.1) is 0 Å². The molecule has 2 fully saturated rings. The molecule has 0 radical (unpaired) electrons. The summed E-state index contributed by atoms with van der Waals surface area (Å²) in [6.45, 7) is 15.8. The molecule has 4 heteroatoms. The van der Waals surface area contributed by atoms with E-state index in [1.54, 1.807) is 0 Å². The van der Waals surface area contributed by atoms with Crippen molar-refractivity contribution < 1.29 is 18.9 Å². The van der Waals surface area contributed by atoms with Gasteiger partial charge in [0.2, 0.25) is 0 Å². The Labute approximate surface area is 250 Å². The van der Waals surface area contributed by atoms with Gasteiger partial charge < -0.3 is 18.9 Å². The van der Waals surface area contributed by atoms with E-state index in [0.29, 0.717) is 38.6 Å². The Morgan fingerprint density at radius 3 is 1.59 bits per heavy atom. The molecule has 0 heterocycles. The van der Waals surface area contributed by atoms with Crippen LogP contribution in [0.5, 0.6) is 11.5 Å². The van der Waals surface area contributed by atoms with Crippen molar-refractivity contribution in [2.75, 3.05) is 13.2 Å². The summed E-state index contributed by atoms with van der Waals surface area (Å²) in [5.41, 5.74) is 5.12. The Balaban J connectivity index is 1.48. The summed E-state index contributed by atoms with van der Waals surface area (Å²) in [6.07, 6.45) is 14.2. The quantitative estimate of drug-likeness (QED) is 0.227. The van der Waals surface area contributed by atoms with Crippen molar-refractivity contribution in [2.45, 2.75) is 148 Å². The van der Waals surface area contributed by atoms with Gasteiger partial charge in [-0.2, -0.15) is 0 Å². The maximum atomic E-state index is 6.55. The van der Waals surface area contributed by atoms with E-state index < -0.39 is 0 Å². The van der Waals surface area contributed by atoms with Gasteiger partial charge in [-0.3, -0.25) is 0 Å². The van der Waals surface area contributed by atoms with Crippen LogP contribution >= 0.6 is 0 Å². The molecule has 2 aromatic carbocycles. The van der Waals surface area contributed by atoms with Crippen molar-refractivity contribution in [3.8, 4) is 11.5 Å². The summed E-state index contributed by atoms with van der Waals surface area (Å²) in [6, 6.07) is 13.1. The molecule has 0 amide bonds. The molecule has 4 rings (SSSR count). The lowest BCUT2D eigenvalue weighted by Gasteiger charge is -2.27. The van der Waals surface area contributed by atoms with Gasteiger partial charge in [-0.15, -0.1) is 0 Å². The molecule has 2 aliphatic carbocycles. The van der Waals surface area contributed by atoms with Gasteiger partial charge in [-0.25, -0.2) is 0 Å². The van der Waals surface area contributed by atoms with Crippen LogP contribution < -0.4 is 9.47 Å². The summed E-state index contributed by atoms with van der Waals surface area (Å²) >= 11 is 0. The van der Waals surface area contributed by atoms with Gasteiger partial charge in [0.05, 0.1) is 25.4 Å². The topological polar surface area (TPSA) is 36.9 Å². The minimum absolute atomic E-state index is 0.0271. The summed E-state index contributed by atoms with van der Waals surface area (Å²) in [4.78, 5) is 0. The van der Waals surface area contributed by atoms with Gasteiger partial charge in [0, 0.05) is 11.1 Å². The van der Waals surface area contributed by atoms with Gasteiger partial charge in [0.15, 0.2) is 0 Å². The summed E-state index contributed by atoms with van der Waals surface area (Å²) < 4.78 is 25.7. The molecular formula is C37H56O4. The van der Waals surface area contributed by atoms with E-state index in [4.69, 9.17) is 18.9 Å². The lowest BCUT2D eigenvalue weighted by Crippen LogP contribution is -2.20. The zero-order valence-corrected chi connectivity index (χ0v) is 26.9. The first-order valence-electron chi connectivity index (χ1n) is 16.4. The SMILES string of the molecule is CCC(C)(C)c1ccc(OCCOc2c(COC3CCCCC3)cc(C(C)(C)C)cc2COC2CCCCC2)cc1. The second-order valence-electron chi connectivity index (χ2n) is 14.0. The van der Waals surface area contributed by atoms with Crippen LogP contribution in [0.1, 0.15) is 134 Å². The minimum atomic E-state index is 0.0271. The smallest absolute Gasteiger partial charge is 0.130 e. The third-order valence-corrected chi connectivity index (χ3v) is 9.28. The predicted octanol–water partition coefficient (Wildman–Crippen LogP) is 9.83. The first-order chi connectivity index (χ1) is 19.7. The van der Waals surface area contributed by atoms with Gasteiger partial charge in [0.25, 0.3) is 0 Å². The molecule has 4 nitrogen and oxygen atoms in total. The highest BCUT2D eigenvalue weighted by Gasteiger charge is 2.23. The fourth-order valence-electron chi connectivity index (χ4n) is 5.98. The first-order valence-corrected chi connectivity index (χ1v) is 16.4. The Hall–Kier alpha value is -2.04. The van der Waals surface area contributed by atoms with E-state index >= 15 is 0 Å². The Morgan fingerprint density at radius 2 is 1.12 bits per heavy atom. The standard InChI is InChI=1S/C37H56O4/c1-7-37(5,6)30-18-20-34(21-19-30)38-22-23-39-35-28(26-40-32-14-10-8-11-15-32)24-31(36(2,3)4)25-29(35)27-41-33-16-12-9-13-17-33/h18-21,24-25,32-33H,7-17,22-23,26-27H2,1-6H3. The molecule has 0 unspecified atom stereocenters. The lowest BCUT2D eigenvalue weighted by atomic mass is 9.82. The van der Waals surface area contributed by atoms with Crippen molar-refractivity contribution in [1.82, 2.24) is 0 Å². The van der Waals surface area contributed by atoms with Crippen molar-refractivity contribution in [1.29, 1.82) is 0 Å². The van der Waals surface area contributed by atoms with Gasteiger partial charge in [0.1, 0.15) is 24.7 Å². The van der Waals surface area contributed by atoms with Crippen molar-refractivity contribution in [3.05, 3.63) is 58.7 Å². The van der Waals surface area contributed by atoms with Crippen molar-refractivity contribution in [2.24, 2.45) is 0 Å². The van der Waals surface area contributed by atoms with E-state index in [-0.39, 0.29) is 10.8 Å². The van der Waals surface area contributed by atoms with Crippen LogP contribution in [-0.4, -0.2) is 25.4 Å². The Bertz CT molecular complexity index is 1010. The van der Waals surface area contributed by atoms with Gasteiger partial charge in [-0.05, 0) is 78.3 Å². The van der Waals surface area contributed by atoms with Crippen LogP contribution in [0.3, 0.4) is 0 Å². The monoisotopic (exact) mass is 564 g/mol. The predicted molar refractivity (Wildman–Crippen MR) is 169 cm³/mol. The van der Waals surface area contributed by atoms with E-state index in [2.05, 4.69) is 77.9 Å². The fourth-order valence-corrected chi connectivity index (χ4v) is 5.98. The second kappa shape index (κ2) is 14.9. The van der Waals surface area contributed by atoms with E-state index in [0.717, 1.165) is 54.7 Å². The number of rotatable bonds is 13. The van der Waals surface area contributed by atoms with Crippen LogP contribution in [0.2, 0.25) is 0 Å². The summed E-state index contributed by atoms with van der Waals surface area (Å²) in [5.74, 6) is 1.81. The highest BCUT2D eigenvalue weighted by molar-refractivity contribution is 5.46. The Morgan fingerprint density at radius 1 is 0.634 bits per heavy atom. The summed E-state index contributed by atoms with van der Waals surface area (Å²) in [5, 5.41) is 0. The molecule has 2 saturated carbocycles. The Kier molecular flexibility index (Phi) is 11.6. The van der Waals surface area contributed by atoms with Gasteiger partial charge >= 0.3 is 0 Å². The van der Waals surface area contributed by atoms with Crippen molar-refractivity contribution >= 4 is 0 Å². The molecule has 0 atom stereocenters. The number of benzene rings is 2. The van der Waals surface area contributed by atoms with Gasteiger partial charge in [-0.1, -0.05) is 92.2 Å². The molecule has 0 bridgehead atoms. The van der Waals surface area contributed by atoms with Crippen LogP contribution in [0.25, 0.3) is 0 Å². The average Bonchev–Trinajstić information content (AvgIpc) is 2.98. The molecule has 0 N–H and O–H groups in total. The van der Waals surface area contributed by atoms with E-state index in [9.17, 15) is 0 Å². The van der Waals surface area contributed by atoms with E-state index in [1.165, 1.54) is 49.7 Å². The van der Waals surface area contributed by atoms with Crippen LogP contribution in [0.4, 0.5) is 0 Å². The molecule has 2 aromatic rings. The molecule has 0 aromatic heterocycles. The second-order valence-corrected chi connectivity index (χ2v) is 14.0. The normalized spacial score (nSPS) is 17.5. The molecule has 228 valence electrons. The minimum Gasteiger partial charge on any atom is -0.490 e. The molecule has 2 aliphatic rings. The molecule has 0 aliphatic heterocycles. The van der Waals surface area contributed by atoms with Crippen LogP contribution in [-0.2, 0) is 33.5 Å². The molecular weight excluding hydrogens is 508 g/mol. The first kappa shape index (κ1) is 31.9. The largest absolute Gasteiger partial charge is 0.490 e.